The summed E-state index contributed by atoms with van der Waals surface area (Å²) in [7, 11) is 0. The second kappa shape index (κ2) is 6.11. The standard InChI is InChI=1S/C17H31N3O2/c1-5-6-7-10-19-13(14(18)22)11-20(16(2,3)4)15(19)17(12-21)8-9-17/h11,15,21H,5-10,12H2,1-4H3,(H2,18,22). The Morgan fingerprint density at radius 1 is 1.41 bits per heavy atom. The lowest BCUT2D eigenvalue weighted by Crippen LogP contribution is -2.54. The molecular formula is C17H31N3O2. The summed E-state index contributed by atoms with van der Waals surface area (Å²) in [5.41, 5.74) is 5.99. The zero-order chi connectivity index (χ0) is 16.5. The fourth-order valence-electron chi connectivity index (χ4n) is 3.38. The van der Waals surface area contributed by atoms with E-state index in [0.717, 1.165) is 38.6 Å². The van der Waals surface area contributed by atoms with Gasteiger partial charge >= 0.3 is 0 Å². The predicted molar refractivity (Wildman–Crippen MR) is 87.6 cm³/mol. The van der Waals surface area contributed by atoms with Crippen molar-refractivity contribution in [3.8, 4) is 0 Å². The first-order valence-corrected chi connectivity index (χ1v) is 8.44. The smallest absolute Gasteiger partial charge is 0.266 e. The Hall–Kier alpha value is -1.23. The molecule has 2 rings (SSSR count). The molecule has 0 aromatic carbocycles. The summed E-state index contributed by atoms with van der Waals surface area (Å²) in [5, 5.41) is 9.92. The van der Waals surface area contributed by atoms with Crippen molar-refractivity contribution < 1.29 is 9.90 Å². The highest BCUT2D eigenvalue weighted by Crippen LogP contribution is 2.54. The Morgan fingerprint density at radius 3 is 2.45 bits per heavy atom. The minimum Gasteiger partial charge on any atom is -0.396 e. The van der Waals surface area contributed by atoms with Crippen LogP contribution < -0.4 is 5.73 Å². The molecule has 1 fully saturated rings. The van der Waals surface area contributed by atoms with Gasteiger partial charge < -0.3 is 20.6 Å². The molecule has 2 aliphatic rings. The molecule has 1 unspecified atom stereocenters. The number of unbranched alkanes of at least 4 members (excludes halogenated alkanes) is 2. The number of rotatable bonds is 7. The third kappa shape index (κ3) is 3.09. The number of amides is 1. The predicted octanol–water partition coefficient (Wildman–Crippen LogP) is 2.02. The minimum absolute atomic E-state index is 0.0388. The molecule has 126 valence electrons. The molecule has 1 heterocycles. The van der Waals surface area contributed by atoms with Gasteiger partial charge in [0.25, 0.3) is 5.91 Å². The van der Waals surface area contributed by atoms with Crippen LogP contribution in [0.1, 0.15) is 59.8 Å². The number of hydrogen-bond donors (Lipinski definition) is 2. The van der Waals surface area contributed by atoms with Crippen molar-refractivity contribution >= 4 is 5.91 Å². The number of aliphatic hydroxyl groups is 1. The molecule has 0 radical (unpaired) electrons. The molecule has 1 atom stereocenters. The van der Waals surface area contributed by atoms with Gasteiger partial charge in [0.2, 0.25) is 0 Å². The Balaban J connectivity index is 2.32. The van der Waals surface area contributed by atoms with Crippen LogP contribution in [0.4, 0.5) is 0 Å². The van der Waals surface area contributed by atoms with E-state index in [1.54, 1.807) is 0 Å². The van der Waals surface area contributed by atoms with Crippen LogP contribution in [0.2, 0.25) is 0 Å². The highest BCUT2D eigenvalue weighted by atomic mass is 16.3. The van der Waals surface area contributed by atoms with E-state index in [1.807, 2.05) is 6.20 Å². The summed E-state index contributed by atoms with van der Waals surface area (Å²) in [5.74, 6) is -0.373. The monoisotopic (exact) mass is 309 g/mol. The first kappa shape index (κ1) is 17.1. The van der Waals surface area contributed by atoms with Gasteiger partial charge in [0.15, 0.2) is 0 Å². The van der Waals surface area contributed by atoms with Crippen LogP contribution in [-0.4, -0.2) is 45.7 Å². The second-order valence-electron chi connectivity index (χ2n) is 7.75. The third-order valence-corrected chi connectivity index (χ3v) is 4.91. The van der Waals surface area contributed by atoms with E-state index in [1.165, 1.54) is 0 Å². The van der Waals surface area contributed by atoms with Crippen molar-refractivity contribution in [3.05, 3.63) is 11.9 Å². The van der Waals surface area contributed by atoms with Crippen molar-refractivity contribution in [2.45, 2.75) is 71.5 Å². The molecule has 5 heteroatoms. The fraction of sp³-hybridized carbons (Fsp3) is 0.824. The maximum Gasteiger partial charge on any atom is 0.266 e. The summed E-state index contributed by atoms with van der Waals surface area (Å²) >= 11 is 0. The van der Waals surface area contributed by atoms with E-state index in [0.29, 0.717) is 5.70 Å². The van der Waals surface area contributed by atoms with Crippen LogP contribution in [0.15, 0.2) is 11.9 Å². The van der Waals surface area contributed by atoms with Gasteiger partial charge in [-0.1, -0.05) is 19.8 Å². The third-order valence-electron chi connectivity index (χ3n) is 4.91. The summed E-state index contributed by atoms with van der Waals surface area (Å²) in [4.78, 5) is 16.3. The first-order chi connectivity index (χ1) is 10.3. The van der Waals surface area contributed by atoms with Gasteiger partial charge in [0.1, 0.15) is 11.9 Å². The van der Waals surface area contributed by atoms with Crippen molar-refractivity contribution in [2.24, 2.45) is 11.1 Å². The summed E-state index contributed by atoms with van der Waals surface area (Å²) in [6.45, 7) is 9.56. The molecule has 22 heavy (non-hydrogen) atoms. The van der Waals surface area contributed by atoms with E-state index in [2.05, 4.69) is 37.5 Å². The number of nitrogens with zero attached hydrogens (tertiary/aromatic N) is 2. The Kier molecular flexibility index (Phi) is 4.76. The second-order valence-corrected chi connectivity index (χ2v) is 7.75. The van der Waals surface area contributed by atoms with E-state index in [-0.39, 0.29) is 29.6 Å². The number of carbonyl (C=O) groups is 1. The molecule has 1 amide bonds. The zero-order valence-electron chi connectivity index (χ0n) is 14.4. The van der Waals surface area contributed by atoms with Crippen molar-refractivity contribution in [3.63, 3.8) is 0 Å². The van der Waals surface area contributed by atoms with Crippen LogP contribution >= 0.6 is 0 Å². The highest BCUT2D eigenvalue weighted by Gasteiger charge is 2.57. The summed E-state index contributed by atoms with van der Waals surface area (Å²) in [6.07, 6.45) is 7.28. The molecule has 1 saturated carbocycles. The quantitative estimate of drug-likeness (QED) is 0.706. The summed E-state index contributed by atoms with van der Waals surface area (Å²) in [6, 6.07) is 0. The number of primary amides is 1. The zero-order valence-corrected chi connectivity index (χ0v) is 14.4. The van der Waals surface area contributed by atoms with Crippen LogP contribution in [0.25, 0.3) is 0 Å². The van der Waals surface area contributed by atoms with Gasteiger partial charge in [-0.05, 0) is 40.0 Å². The highest BCUT2D eigenvalue weighted by molar-refractivity contribution is 5.91. The lowest BCUT2D eigenvalue weighted by Gasteiger charge is -2.45. The van der Waals surface area contributed by atoms with Gasteiger partial charge in [0, 0.05) is 23.7 Å². The molecule has 1 aliphatic carbocycles. The fourth-order valence-corrected chi connectivity index (χ4v) is 3.38. The molecule has 1 aliphatic heterocycles. The molecule has 0 aromatic rings. The molecule has 3 N–H and O–H groups in total. The topological polar surface area (TPSA) is 69.8 Å². The van der Waals surface area contributed by atoms with Gasteiger partial charge in [-0.15, -0.1) is 0 Å². The number of nitrogens with two attached hydrogens (primary N) is 1. The van der Waals surface area contributed by atoms with E-state index >= 15 is 0 Å². The molecule has 0 bridgehead atoms. The van der Waals surface area contributed by atoms with Gasteiger partial charge in [0.05, 0.1) is 6.61 Å². The number of hydrogen-bond acceptors (Lipinski definition) is 4. The SMILES string of the molecule is CCCCCN1C(C(N)=O)=CN(C(C)(C)C)C1C1(CO)CC1. The minimum atomic E-state index is -0.373. The molecule has 5 nitrogen and oxygen atoms in total. The van der Waals surface area contributed by atoms with Gasteiger partial charge in [-0.2, -0.15) is 0 Å². The normalized spacial score (nSPS) is 23.7. The Bertz CT molecular complexity index is 449. The molecule has 0 spiro atoms. The average molecular weight is 309 g/mol. The molecule has 0 saturated heterocycles. The largest absolute Gasteiger partial charge is 0.396 e. The van der Waals surface area contributed by atoms with Crippen LogP contribution in [0.5, 0.6) is 0 Å². The lowest BCUT2D eigenvalue weighted by molar-refractivity contribution is -0.116. The van der Waals surface area contributed by atoms with Crippen molar-refractivity contribution in [1.82, 2.24) is 9.80 Å². The molecular weight excluding hydrogens is 278 g/mol. The first-order valence-electron chi connectivity index (χ1n) is 8.44. The van der Waals surface area contributed by atoms with Gasteiger partial charge in [-0.3, -0.25) is 4.79 Å². The maximum atomic E-state index is 11.9. The number of carbonyl (C=O) groups excluding carboxylic acids is 1. The van der Waals surface area contributed by atoms with Crippen LogP contribution in [0.3, 0.4) is 0 Å². The Labute approximate surface area is 134 Å². The molecule has 0 aromatic heterocycles. The number of aliphatic hydroxyl groups excluding tert-OH is 1. The average Bonchev–Trinajstić information content (AvgIpc) is 3.12. The van der Waals surface area contributed by atoms with E-state index in [9.17, 15) is 9.90 Å². The van der Waals surface area contributed by atoms with E-state index in [4.69, 9.17) is 5.73 Å². The van der Waals surface area contributed by atoms with Crippen molar-refractivity contribution in [2.75, 3.05) is 13.2 Å². The maximum absolute atomic E-state index is 11.9. The lowest BCUT2D eigenvalue weighted by atomic mass is 9.97. The van der Waals surface area contributed by atoms with Gasteiger partial charge in [-0.25, -0.2) is 0 Å². The van der Waals surface area contributed by atoms with E-state index < -0.39 is 0 Å². The van der Waals surface area contributed by atoms with Crippen LogP contribution in [0, 0.1) is 5.41 Å². The van der Waals surface area contributed by atoms with Crippen molar-refractivity contribution in [1.29, 1.82) is 0 Å². The summed E-state index contributed by atoms with van der Waals surface area (Å²) < 4.78 is 0. The Morgan fingerprint density at radius 2 is 2.05 bits per heavy atom. The van der Waals surface area contributed by atoms with Crippen LogP contribution in [-0.2, 0) is 4.79 Å².